The molecule has 3 heterocycles. The van der Waals surface area contributed by atoms with Crippen LogP contribution in [0.2, 0.25) is 0 Å². The number of benzene rings is 1. The van der Waals surface area contributed by atoms with Crippen molar-refractivity contribution in [3.05, 3.63) is 47.7 Å². The fourth-order valence-corrected chi connectivity index (χ4v) is 4.26. The topological polar surface area (TPSA) is 116 Å². The minimum absolute atomic E-state index is 0.0343. The lowest BCUT2D eigenvalue weighted by Crippen LogP contribution is -2.46. The first-order valence-corrected chi connectivity index (χ1v) is 11.6. The number of anilines is 2. The fourth-order valence-electron chi connectivity index (χ4n) is 4.26. The van der Waals surface area contributed by atoms with Crippen molar-refractivity contribution >= 4 is 29.3 Å². The number of carboxylic acid groups (broad SMARTS) is 1. The van der Waals surface area contributed by atoms with E-state index in [9.17, 15) is 18.8 Å². The van der Waals surface area contributed by atoms with Gasteiger partial charge in [-0.25, -0.2) is 9.18 Å². The molecule has 4 rings (SSSR count). The summed E-state index contributed by atoms with van der Waals surface area (Å²) in [7, 11) is 0. The molecule has 0 aliphatic carbocycles. The number of carboxylic acids is 1. The third-order valence-corrected chi connectivity index (χ3v) is 6.09. The first-order chi connectivity index (χ1) is 16.8. The van der Waals surface area contributed by atoms with Gasteiger partial charge in [-0.1, -0.05) is 0 Å². The highest BCUT2D eigenvalue weighted by atomic mass is 19.1. The number of carbonyl (C=O) groups excluding carboxylic acids is 2. The van der Waals surface area contributed by atoms with Crippen molar-refractivity contribution in [1.29, 1.82) is 0 Å². The van der Waals surface area contributed by atoms with E-state index in [-0.39, 0.29) is 25.4 Å². The number of hydrogen-bond donors (Lipinski definition) is 2. The average molecular weight is 489 g/mol. The van der Waals surface area contributed by atoms with Gasteiger partial charge in [0.1, 0.15) is 23.4 Å². The molecule has 2 aliphatic heterocycles. The van der Waals surface area contributed by atoms with Gasteiger partial charge in [0.05, 0.1) is 37.4 Å². The number of piperazine rings is 1. The summed E-state index contributed by atoms with van der Waals surface area (Å²) in [6, 6.07) is 8.39. The van der Waals surface area contributed by atoms with Crippen molar-refractivity contribution in [2.24, 2.45) is 0 Å². The molecule has 2 fully saturated rings. The number of rotatable bonds is 9. The summed E-state index contributed by atoms with van der Waals surface area (Å²) in [5.74, 6) is -0.0381. The van der Waals surface area contributed by atoms with Crippen LogP contribution in [0.3, 0.4) is 0 Å². The summed E-state index contributed by atoms with van der Waals surface area (Å²) >= 11 is 0. The van der Waals surface area contributed by atoms with Crippen LogP contribution < -0.4 is 15.1 Å². The maximum absolute atomic E-state index is 15.0. The van der Waals surface area contributed by atoms with Crippen molar-refractivity contribution in [1.82, 2.24) is 10.2 Å². The van der Waals surface area contributed by atoms with E-state index < -0.39 is 24.0 Å². The smallest absolute Gasteiger partial charge is 0.414 e. The molecule has 1 aromatic carbocycles. The molecule has 2 amide bonds. The highest BCUT2D eigenvalue weighted by molar-refractivity contribution is 5.90. The molecule has 2 saturated heterocycles. The number of amides is 2. The molecular formula is C24H29FN4O6. The Morgan fingerprint density at radius 3 is 2.57 bits per heavy atom. The van der Waals surface area contributed by atoms with Crippen LogP contribution in [-0.4, -0.2) is 73.3 Å². The highest BCUT2D eigenvalue weighted by Crippen LogP contribution is 2.28. The summed E-state index contributed by atoms with van der Waals surface area (Å²) in [5, 5.41) is 11.4. The molecule has 0 saturated carbocycles. The molecule has 35 heavy (non-hydrogen) atoms. The normalized spacial score (nSPS) is 18.6. The molecule has 0 spiro atoms. The predicted octanol–water partition coefficient (Wildman–Crippen LogP) is 2.22. The molecule has 2 aliphatic rings. The Morgan fingerprint density at radius 1 is 1.14 bits per heavy atom. The fraction of sp³-hybridized carbons (Fsp3) is 0.458. The molecule has 1 unspecified atom stereocenters. The van der Waals surface area contributed by atoms with Gasteiger partial charge in [0.15, 0.2) is 0 Å². The number of nitrogens with zero attached hydrogens (tertiary/aromatic N) is 3. The van der Waals surface area contributed by atoms with Gasteiger partial charge in [-0.15, -0.1) is 0 Å². The van der Waals surface area contributed by atoms with Crippen molar-refractivity contribution < 1.29 is 33.0 Å². The van der Waals surface area contributed by atoms with E-state index in [0.717, 1.165) is 18.8 Å². The number of furan rings is 1. The van der Waals surface area contributed by atoms with Gasteiger partial charge in [-0.2, -0.15) is 0 Å². The molecule has 188 valence electrons. The number of ether oxygens (including phenoxy) is 1. The summed E-state index contributed by atoms with van der Waals surface area (Å²) in [4.78, 5) is 39.5. The Bertz CT molecular complexity index is 1080. The van der Waals surface area contributed by atoms with Crippen molar-refractivity contribution in [2.75, 3.05) is 49.1 Å². The third kappa shape index (κ3) is 6.30. The SMILES string of the molecule is CC(=O)NCC1CN(c2ccc(N3CCN(Cc4ccc(CCC(=O)O)o4)CC3)c(F)c2)C(=O)O1. The van der Waals surface area contributed by atoms with Gasteiger partial charge in [0.25, 0.3) is 0 Å². The molecule has 0 bridgehead atoms. The summed E-state index contributed by atoms with van der Waals surface area (Å²) in [6.07, 6.45) is -0.648. The first kappa shape index (κ1) is 24.5. The van der Waals surface area contributed by atoms with Crippen LogP contribution in [0.4, 0.5) is 20.6 Å². The van der Waals surface area contributed by atoms with Crippen LogP contribution in [0.25, 0.3) is 0 Å². The molecule has 2 N–H and O–H groups in total. The Balaban J connectivity index is 1.30. The molecule has 11 heteroatoms. The number of hydrogen-bond acceptors (Lipinski definition) is 7. The minimum atomic E-state index is -0.856. The second kappa shape index (κ2) is 10.8. The number of aliphatic carboxylic acids is 1. The number of nitrogens with one attached hydrogen (secondary N) is 1. The molecule has 0 radical (unpaired) electrons. The van der Waals surface area contributed by atoms with Gasteiger partial charge < -0.3 is 24.5 Å². The predicted molar refractivity (Wildman–Crippen MR) is 125 cm³/mol. The lowest BCUT2D eigenvalue weighted by molar-refractivity contribution is -0.137. The van der Waals surface area contributed by atoms with Crippen LogP contribution in [0, 0.1) is 5.82 Å². The van der Waals surface area contributed by atoms with E-state index >= 15 is 0 Å². The van der Waals surface area contributed by atoms with E-state index in [0.29, 0.717) is 43.2 Å². The van der Waals surface area contributed by atoms with Crippen LogP contribution >= 0.6 is 0 Å². The van der Waals surface area contributed by atoms with Gasteiger partial charge in [-0.05, 0) is 30.3 Å². The highest BCUT2D eigenvalue weighted by Gasteiger charge is 2.33. The van der Waals surface area contributed by atoms with E-state index in [2.05, 4.69) is 10.2 Å². The van der Waals surface area contributed by atoms with Crippen molar-refractivity contribution in [3.63, 3.8) is 0 Å². The van der Waals surface area contributed by atoms with E-state index in [1.54, 1.807) is 12.1 Å². The quantitative estimate of drug-likeness (QED) is 0.552. The first-order valence-electron chi connectivity index (χ1n) is 11.6. The second-order valence-corrected chi connectivity index (χ2v) is 8.71. The van der Waals surface area contributed by atoms with Crippen LogP contribution in [-0.2, 0) is 27.3 Å². The molecular weight excluding hydrogens is 459 g/mol. The van der Waals surface area contributed by atoms with Gasteiger partial charge >= 0.3 is 12.1 Å². The lowest BCUT2D eigenvalue weighted by atomic mass is 10.2. The standard InChI is InChI=1S/C24H29FN4O6/c1-16(30)26-13-20-15-29(24(33)35-20)17-2-6-22(21(25)12-17)28-10-8-27(9-11-28)14-19-4-3-18(34-19)5-7-23(31)32/h2-4,6,12,20H,5,7-11,13-15H2,1H3,(H,26,30)(H,31,32). The van der Waals surface area contributed by atoms with Crippen LogP contribution in [0.1, 0.15) is 24.9 Å². The zero-order valence-electron chi connectivity index (χ0n) is 19.5. The summed E-state index contributed by atoms with van der Waals surface area (Å²) in [6.45, 7) is 5.15. The Hall–Kier alpha value is -3.60. The largest absolute Gasteiger partial charge is 0.481 e. The number of aryl methyl sites for hydroxylation is 1. The Kier molecular flexibility index (Phi) is 7.54. The minimum Gasteiger partial charge on any atom is -0.481 e. The molecule has 1 aromatic heterocycles. The van der Waals surface area contributed by atoms with Crippen molar-refractivity contribution in [2.45, 2.75) is 32.4 Å². The lowest BCUT2D eigenvalue weighted by Gasteiger charge is -2.36. The summed E-state index contributed by atoms with van der Waals surface area (Å²) < 4.78 is 26.0. The number of carbonyl (C=O) groups is 3. The number of cyclic esters (lactones) is 1. The van der Waals surface area contributed by atoms with E-state index in [1.807, 2.05) is 17.0 Å². The van der Waals surface area contributed by atoms with Crippen LogP contribution in [0.5, 0.6) is 0 Å². The van der Waals surface area contributed by atoms with Gasteiger partial charge in [0.2, 0.25) is 5.91 Å². The number of halogens is 1. The Labute approximate surface area is 202 Å². The maximum atomic E-state index is 15.0. The zero-order chi connectivity index (χ0) is 24.9. The van der Waals surface area contributed by atoms with Gasteiger partial charge in [-0.3, -0.25) is 19.4 Å². The average Bonchev–Trinajstić information content (AvgIpc) is 3.43. The maximum Gasteiger partial charge on any atom is 0.414 e. The molecule has 10 nitrogen and oxygen atoms in total. The summed E-state index contributed by atoms with van der Waals surface area (Å²) in [5.41, 5.74) is 0.890. The van der Waals surface area contributed by atoms with E-state index in [4.69, 9.17) is 14.3 Å². The molecule has 2 aromatic rings. The molecule has 1 atom stereocenters. The van der Waals surface area contributed by atoms with E-state index in [1.165, 1.54) is 17.9 Å². The van der Waals surface area contributed by atoms with Crippen molar-refractivity contribution in [3.8, 4) is 0 Å². The van der Waals surface area contributed by atoms with Gasteiger partial charge in [0, 0.05) is 39.5 Å². The monoisotopic (exact) mass is 488 g/mol. The van der Waals surface area contributed by atoms with Crippen LogP contribution in [0.15, 0.2) is 34.7 Å². The Morgan fingerprint density at radius 2 is 1.89 bits per heavy atom. The zero-order valence-corrected chi connectivity index (χ0v) is 19.5. The third-order valence-electron chi connectivity index (χ3n) is 6.09. The second-order valence-electron chi connectivity index (χ2n) is 8.71.